The molecule has 1 unspecified atom stereocenters. The molecule has 0 aliphatic rings. The topological polar surface area (TPSA) is 101 Å². The van der Waals surface area contributed by atoms with E-state index in [2.05, 4.69) is 4.18 Å². The Morgan fingerprint density at radius 1 is 1.33 bits per heavy atom. The summed E-state index contributed by atoms with van der Waals surface area (Å²) in [5, 5.41) is -0.0530. The van der Waals surface area contributed by atoms with Gasteiger partial charge in [-0.05, 0) is 25.1 Å². The van der Waals surface area contributed by atoms with Gasteiger partial charge in [0, 0.05) is 5.02 Å². The first-order valence-electron chi connectivity index (χ1n) is 4.47. The van der Waals surface area contributed by atoms with Crippen LogP contribution in [-0.2, 0) is 18.9 Å². The van der Waals surface area contributed by atoms with Crippen LogP contribution in [-0.4, -0.2) is 24.0 Å². The van der Waals surface area contributed by atoms with Gasteiger partial charge in [-0.2, -0.15) is 8.42 Å². The molecule has 102 valence electrons. The molecule has 0 aliphatic heterocycles. The van der Waals surface area contributed by atoms with Crippen molar-refractivity contribution in [2.75, 3.05) is 0 Å². The summed E-state index contributed by atoms with van der Waals surface area (Å²) in [7, 11) is -9.08. The average Bonchev–Trinajstić information content (AvgIpc) is 2.19. The summed E-state index contributed by atoms with van der Waals surface area (Å²) in [6.07, 6.45) is 0. The van der Waals surface area contributed by atoms with Gasteiger partial charge in [0.25, 0.3) is 10.1 Å². The van der Waals surface area contributed by atoms with Gasteiger partial charge in [0.1, 0.15) is 4.90 Å². The molecule has 1 rings (SSSR count). The molecule has 0 saturated carbocycles. The van der Waals surface area contributed by atoms with Crippen molar-refractivity contribution < 1.29 is 27.0 Å². The van der Waals surface area contributed by atoms with E-state index in [1.54, 1.807) is 0 Å². The maximum atomic E-state index is 11.8. The third-order valence-corrected chi connectivity index (χ3v) is 5.19. The van der Waals surface area contributed by atoms with E-state index < -0.39 is 28.5 Å². The van der Waals surface area contributed by atoms with Gasteiger partial charge in [-0.25, -0.2) is 0 Å². The highest BCUT2D eigenvalue weighted by atomic mass is 35.5. The number of hydrogen-bond acceptors (Lipinski definition) is 4. The van der Waals surface area contributed by atoms with Crippen molar-refractivity contribution in [3.05, 3.63) is 28.2 Å². The number of hydrogen-bond donors (Lipinski definition) is 2. The third kappa shape index (κ3) is 3.93. The quantitative estimate of drug-likeness (QED) is 0.646. The summed E-state index contributed by atoms with van der Waals surface area (Å²) in [5.74, 6) is -1.81. The van der Waals surface area contributed by atoms with Crippen molar-refractivity contribution in [2.24, 2.45) is 0 Å². The average molecular weight is 335 g/mol. The van der Waals surface area contributed by atoms with Gasteiger partial charge < -0.3 is 9.79 Å². The van der Waals surface area contributed by atoms with Crippen molar-refractivity contribution in [1.82, 2.24) is 0 Å². The molecule has 0 amide bonds. The highest BCUT2D eigenvalue weighted by molar-refractivity contribution is 7.87. The van der Waals surface area contributed by atoms with Crippen LogP contribution in [0.3, 0.4) is 0 Å². The predicted molar refractivity (Wildman–Crippen MR) is 66.2 cm³/mol. The Morgan fingerprint density at radius 3 is 2.39 bits per heavy atom. The molecule has 6 nitrogen and oxygen atoms in total. The lowest BCUT2D eigenvalue weighted by Crippen LogP contribution is -2.16. The molecule has 2 N–H and O–H groups in total. The Hall–Kier alpha value is -0.140. The fourth-order valence-corrected chi connectivity index (χ4v) is 3.43. The number of benzene rings is 1. The van der Waals surface area contributed by atoms with Gasteiger partial charge >= 0.3 is 7.60 Å². The van der Waals surface area contributed by atoms with E-state index >= 15 is 0 Å². The number of rotatable bonds is 4. The molecule has 1 aromatic carbocycles. The third-order valence-electron chi connectivity index (χ3n) is 1.90. The van der Waals surface area contributed by atoms with Gasteiger partial charge in [-0.1, -0.05) is 23.2 Å². The van der Waals surface area contributed by atoms with Crippen molar-refractivity contribution in [2.45, 2.75) is 17.7 Å². The SMILES string of the molecule is CC(OS(=O)(=O)c1cc(Cl)ccc1Cl)P(=O)(O)O. The van der Waals surface area contributed by atoms with Gasteiger partial charge in [0.2, 0.25) is 0 Å². The van der Waals surface area contributed by atoms with Crippen molar-refractivity contribution in [1.29, 1.82) is 0 Å². The van der Waals surface area contributed by atoms with E-state index in [1.165, 1.54) is 12.1 Å². The Bertz CT molecular complexity index is 596. The van der Waals surface area contributed by atoms with Crippen molar-refractivity contribution in [3.8, 4) is 0 Å². The van der Waals surface area contributed by atoms with Crippen LogP contribution >= 0.6 is 30.8 Å². The molecule has 10 heteroatoms. The van der Waals surface area contributed by atoms with Crippen LogP contribution in [0.2, 0.25) is 10.0 Å². The van der Waals surface area contributed by atoms with E-state index in [9.17, 15) is 13.0 Å². The molecule has 1 atom stereocenters. The molecule has 0 aromatic heterocycles. The van der Waals surface area contributed by atoms with E-state index in [-0.39, 0.29) is 10.0 Å². The van der Waals surface area contributed by atoms with E-state index in [0.717, 1.165) is 13.0 Å². The first-order valence-corrected chi connectivity index (χ1v) is 8.32. The summed E-state index contributed by atoms with van der Waals surface area (Å²) in [6.45, 7) is 0.941. The van der Waals surface area contributed by atoms with E-state index in [4.69, 9.17) is 33.0 Å². The molecule has 0 spiro atoms. The molecule has 0 heterocycles. The van der Waals surface area contributed by atoms with E-state index in [0.29, 0.717) is 0 Å². The van der Waals surface area contributed by atoms with Crippen LogP contribution in [0.4, 0.5) is 0 Å². The van der Waals surface area contributed by atoms with Gasteiger partial charge in [0.15, 0.2) is 5.85 Å². The second-order valence-corrected chi connectivity index (χ2v) is 7.60. The lowest BCUT2D eigenvalue weighted by atomic mass is 10.4. The lowest BCUT2D eigenvalue weighted by Gasteiger charge is -2.14. The monoisotopic (exact) mass is 334 g/mol. The minimum atomic E-state index is -4.68. The zero-order chi connectivity index (χ0) is 14.1. The largest absolute Gasteiger partial charge is 0.355 e. The maximum absolute atomic E-state index is 11.8. The molecule has 0 aliphatic carbocycles. The molecule has 0 saturated heterocycles. The first-order chi connectivity index (χ1) is 8.04. The summed E-state index contributed by atoms with van der Waals surface area (Å²) in [6, 6.07) is 3.64. The fourth-order valence-electron chi connectivity index (χ4n) is 0.960. The van der Waals surface area contributed by atoms with Crippen LogP contribution < -0.4 is 0 Å². The van der Waals surface area contributed by atoms with Gasteiger partial charge in [-0.15, -0.1) is 0 Å². The van der Waals surface area contributed by atoms with Gasteiger partial charge in [-0.3, -0.25) is 8.75 Å². The second-order valence-electron chi connectivity index (χ2n) is 3.31. The lowest BCUT2D eigenvalue weighted by molar-refractivity contribution is 0.241. The Morgan fingerprint density at radius 2 is 1.89 bits per heavy atom. The molecule has 0 bridgehead atoms. The molecule has 0 fully saturated rings. The van der Waals surface area contributed by atoms with Gasteiger partial charge in [0.05, 0.1) is 5.02 Å². The number of halogens is 2. The molecule has 1 aromatic rings. The van der Waals surface area contributed by atoms with Crippen LogP contribution in [0.15, 0.2) is 23.1 Å². The normalized spacial score (nSPS) is 14.5. The Labute approximate surface area is 114 Å². The maximum Gasteiger partial charge on any atom is 0.355 e. The van der Waals surface area contributed by atoms with Crippen LogP contribution in [0.25, 0.3) is 0 Å². The first kappa shape index (κ1) is 15.9. The molecular weight excluding hydrogens is 326 g/mol. The van der Waals surface area contributed by atoms with Crippen molar-refractivity contribution in [3.63, 3.8) is 0 Å². The minimum Gasteiger partial charge on any atom is -0.323 e. The van der Waals surface area contributed by atoms with Crippen LogP contribution in [0, 0.1) is 0 Å². The summed E-state index contributed by atoms with van der Waals surface area (Å²) in [5.41, 5.74) is 0. The zero-order valence-electron chi connectivity index (χ0n) is 8.95. The second kappa shape index (κ2) is 5.46. The summed E-state index contributed by atoms with van der Waals surface area (Å²) in [4.78, 5) is 17.1. The molecule has 18 heavy (non-hydrogen) atoms. The fraction of sp³-hybridized carbons (Fsp3) is 0.250. The highest BCUT2D eigenvalue weighted by Gasteiger charge is 2.32. The highest BCUT2D eigenvalue weighted by Crippen LogP contribution is 2.43. The Balaban J connectivity index is 3.15. The molecule has 0 radical (unpaired) electrons. The van der Waals surface area contributed by atoms with Crippen LogP contribution in [0.5, 0.6) is 0 Å². The van der Waals surface area contributed by atoms with Crippen LogP contribution in [0.1, 0.15) is 6.92 Å². The smallest absolute Gasteiger partial charge is 0.323 e. The Kier molecular flexibility index (Phi) is 4.83. The van der Waals surface area contributed by atoms with E-state index in [1.807, 2.05) is 0 Å². The predicted octanol–water partition coefficient (Wildman–Crippen LogP) is 2.22. The summed E-state index contributed by atoms with van der Waals surface area (Å²) < 4.78 is 38.7. The molecular formula is C8H9Cl2O6PS. The van der Waals surface area contributed by atoms with Crippen molar-refractivity contribution >= 4 is 40.9 Å². The summed E-state index contributed by atoms with van der Waals surface area (Å²) >= 11 is 11.3. The standard InChI is InChI=1S/C8H9Cl2O6PS/c1-5(17(11,12)13)16-18(14,15)8-4-6(9)2-3-7(8)10/h2-5H,1H3,(H2,11,12,13). The minimum absolute atomic E-state index is 0.102. The zero-order valence-corrected chi connectivity index (χ0v) is 12.2.